The van der Waals surface area contributed by atoms with Gasteiger partial charge in [0, 0.05) is 0 Å². The number of hydrogen-bond donors (Lipinski definition) is 0. The predicted molar refractivity (Wildman–Crippen MR) is 107 cm³/mol. The number of allylic oxidation sites excluding steroid dienone is 6. The largest absolute Gasteiger partial charge is 0.103 e. The molecular formula is C21H44. The van der Waals surface area contributed by atoms with Crippen molar-refractivity contribution in [2.75, 3.05) is 0 Å². The summed E-state index contributed by atoms with van der Waals surface area (Å²) in [5.74, 6) is 0.833. The third-order valence-electron chi connectivity index (χ3n) is 1.27. The highest BCUT2D eigenvalue weighted by Gasteiger charge is 1.99. The summed E-state index contributed by atoms with van der Waals surface area (Å²) in [7, 11) is 0. The lowest BCUT2D eigenvalue weighted by Gasteiger charge is -2.08. The molecule has 0 heteroatoms. The Morgan fingerprint density at radius 2 is 1.00 bits per heavy atom. The fourth-order valence-corrected chi connectivity index (χ4v) is 0.136. The normalized spacial score (nSPS) is 9.14. The molecule has 0 N–H and O–H groups in total. The lowest BCUT2D eigenvalue weighted by Crippen LogP contribution is -1.96. The summed E-state index contributed by atoms with van der Waals surface area (Å²) in [5, 5.41) is 0. The van der Waals surface area contributed by atoms with Crippen LogP contribution in [-0.2, 0) is 0 Å². The van der Waals surface area contributed by atoms with Crippen LogP contribution in [0.4, 0.5) is 0 Å². The van der Waals surface area contributed by atoms with E-state index in [9.17, 15) is 0 Å². The van der Waals surface area contributed by atoms with Gasteiger partial charge in [-0.25, -0.2) is 0 Å². The molecule has 0 radical (unpaired) electrons. The molecule has 0 atom stereocenters. The molecule has 0 spiro atoms. The maximum Gasteiger partial charge on any atom is -0.0206 e. The molecule has 0 saturated heterocycles. The van der Waals surface area contributed by atoms with Crippen LogP contribution in [0, 0.1) is 11.3 Å². The summed E-state index contributed by atoms with van der Waals surface area (Å²) in [5.41, 5.74) is 0.306. The Morgan fingerprint density at radius 3 is 1.00 bits per heavy atom. The van der Waals surface area contributed by atoms with Crippen molar-refractivity contribution in [1.29, 1.82) is 0 Å². The van der Waals surface area contributed by atoms with E-state index in [1.807, 2.05) is 65.0 Å². The molecule has 0 saturated carbocycles. The van der Waals surface area contributed by atoms with Crippen LogP contribution in [-0.4, -0.2) is 0 Å². The van der Waals surface area contributed by atoms with Gasteiger partial charge >= 0.3 is 0 Å². The van der Waals surface area contributed by atoms with Crippen molar-refractivity contribution < 1.29 is 0 Å². The molecule has 0 amide bonds. The van der Waals surface area contributed by atoms with Gasteiger partial charge < -0.3 is 0 Å². The molecular weight excluding hydrogens is 252 g/mol. The second-order valence-electron chi connectivity index (χ2n) is 5.73. The van der Waals surface area contributed by atoms with E-state index < -0.39 is 0 Å². The standard InChI is InChI=1S/C6H12.C5H8.C4H10.C4H8.C2H6/c1-5-6(2,3)4;1-3-5-4-2;1-4(2)3;1-3-4-2;1-2/h5H,1H2,2-4H3;3-5H,1H2,2H3;4H,1-3H3;3-4H,1-2H3;1-2H3/b;5-4-;;4-3-;. The Hall–Kier alpha value is -1.04. The minimum absolute atomic E-state index is 0.306. The van der Waals surface area contributed by atoms with Gasteiger partial charge in [0.25, 0.3) is 0 Å². The molecule has 128 valence electrons. The van der Waals surface area contributed by atoms with Crippen molar-refractivity contribution >= 4 is 0 Å². The summed E-state index contributed by atoms with van der Waals surface area (Å²) < 4.78 is 0. The van der Waals surface area contributed by atoms with Gasteiger partial charge in [-0.1, -0.05) is 98.4 Å². The van der Waals surface area contributed by atoms with Gasteiger partial charge in [-0.3, -0.25) is 0 Å². The van der Waals surface area contributed by atoms with Crippen LogP contribution < -0.4 is 0 Å². The average Bonchev–Trinajstić information content (AvgIpc) is 2.41. The molecule has 0 unspecified atom stereocenters. The van der Waals surface area contributed by atoms with E-state index in [4.69, 9.17) is 0 Å². The van der Waals surface area contributed by atoms with E-state index in [2.05, 4.69) is 54.7 Å². The first-order valence-corrected chi connectivity index (χ1v) is 8.07. The third kappa shape index (κ3) is 222. The zero-order valence-corrected chi connectivity index (χ0v) is 17.0. The van der Waals surface area contributed by atoms with Crippen LogP contribution >= 0.6 is 0 Å². The second kappa shape index (κ2) is 31.4. The fourth-order valence-electron chi connectivity index (χ4n) is 0.136. The van der Waals surface area contributed by atoms with Crippen molar-refractivity contribution in [1.82, 2.24) is 0 Å². The first kappa shape index (κ1) is 32.1. The van der Waals surface area contributed by atoms with Crippen molar-refractivity contribution in [2.24, 2.45) is 11.3 Å². The van der Waals surface area contributed by atoms with Crippen LogP contribution in [0.2, 0.25) is 0 Å². The van der Waals surface area contributed by atoms with Gasteiger partial charge in [0.2, 0.25) is 0 Å². The van der Waals surface area contributed by atoms with E-state index in [0.29, 0.717) is 5.41 Å². The fraction of sp³-hybridized carbons (Fsp3) is 0.619. The highest BCUT2D eigenvalue weighted by atomic mass is 14.0. The molecule has 0 heterocycles. The van der Waals surface area contributed by atoms with Crippen molar-refractivity contribution in [3.05, 3.63) is 49.6 Å². The molecule has 0 bridgehead atoms. The first-order chi connectivity index (χ1) is 9.62. The van der Waals surface area contributed by atoms with Crippen molar-refractivity contribution in [2.45, 2.75) is 76.2 Å². The molecule has 0 fully saturated rings. The van der Waals surface area contributed by atoms with Crippen LogP contribution in [0.25, 0.3) is 0 Å². The maximum absolute atomic E-state index is 3.63. The Morgan fingerprint density at radius 1 is 0.762 bits per heavy atom. The highest BCUT2D eigenvalue weighted by Crippen LogP contribution is 2.11. The topological polar surface area (TPSA) is 0 Å². The lowest BCUT2D eigenvalue weighted by atomic mass is 9.98. The molecule has 21 heavy (non-hydrogen) atoms. The molecule has 0 nitrogen and oxygen atoms in total. The van der Waals surface area contributed by atoms with Crippen LogP contribution in [0.1, 0.15) is 76.2 Å². The van der Waals surface area contributed by atoms with Gasteiger partial charge in [-0.15, -0.1) is 6.58 Å². The molecule has 0 aliphatic carbocycles. The first-order valence-electron chi connectivity index (χ1n) is 8.07. The summed E-state index contributed by atoms with van der Waals surface area (Å²) in [6.07, 6.45) is 11.5. The second-order valence-corrected chi connectivity index (χ2v) is 5.73. The minimum Gasteiger partial charge on any atom is -0.103 e. The van der Waals surface area contributed by atoms with E-state index in [0.717, 1.165) is 5.92 Å². The third-order valence-corrected chi connectivity index (χ3v) is 1.27. The van der Waals surface area contributed by atoms with Crippen LogP contribution in [0.3, 0.4) is 0 Å². The summed E-state index contributed by atoms with van der Waals surface area (Å²) >= 11 is 0. The molecule has 0 aromatic carbocycles. The smallest absolute Gasteiger partial charge is 0.0206 e. The Kier molecular flexibility index (Phi) is 47.9. The van der Waals surface area contributed by atoms with Gasteiger partial charge in [0.1, 0.15) is 0 Å². The van der Waals surface area contributed by atoms with Crippen LogP contribution in [0.15, 0.2) is 49.6 Å². The van der Waals surface area contributed by atoms with Crippen LogP contribution in [0.5, 0.6) is 0 Å². The highest BCUT2D eigenvalue weighted by molar-refractivity contribution is 4.94. The van der Waals surface area contributed by atoms with E-state index in [-0.39, 0.29) is 0 Å². The van der Waals surface area contributed by atoms with Crippen molar-refractivity contribution in [3.8, 4) is 0 Å². The van der Waals surface area contributed by atoms with E-state index in [1.54, 1.807) is 6.08 Å². The van der Waals surface area contributed by atoms with E-state index >= 15 is 0 Å². The summed E-state index contributed by atoms with van der Waals surface area (Å²) in [6, 6.07) is 0. The SMILES string of the molecule is C/C=C\C.C=C/C=C\C.C=CC(C)(C)C.CC.CC(C)C. The molecule has 0 aromatic heterocycles. The number of hydrogen-bond acceptors (Lipinski definition) is 0. The monoisotopic (exact) mass is 296 g/mol. The van der Waals surface area contributed by atoms with E-state index in [1.165, 1.54) is 0 Å². The van der Waals surface area contributed by atoms with Gasteiger partial charge in [0.15, 0.2) is 0 Å². The quantitative estimate of drug-likeness (QED) is 0.337. The molecule has 0 aliphatic heterocycles. The number of rotatable bonds is 1. The average molecular weight is 297 g/mol. The zero-order chi connectivity index (χ0) is 18.3. The molecule has 0 aromatic rings. The van der Waals surface area contributed by atoms with Crippen molar-refractivity contribution in [3.63, 3.8) is 0 Å². The maximum atomic E-state index is 3.63. The Labute approximate surface area is 137 Å². The summed E-state index contributed by atoms with van der Waals surface area (Å²) in [4.78, 5) is 0. The molecule has 0 rings (SSSR count). The zero-order valence-electron chi connectivity index (χ0n) is 17.0. The predicted octanol–water partition coefficient (Wildman–Crippen LogP) is 8.24. The Balaban J connectivity index is -0.0000000527. The minimum atomic E-state index is 0.306. The summed E-state index contributed by atoms with van der Waals surface area (Å²) in [6.45, 7) is 29.9. The van der Waals surface area contributed by atoms with Gasteiger partial charge in [-0.05, 0) is 32.1 Å². The Bertz CT molecular complexity index is 202. The van der Waals surface area contributed by atoms with Gasteiger partial charge in [-0.2, -0.15) is 0 Å². The van der Waals surface area contributed by atoms with Gasteiger partial charge in [0.05, 0.1) is 0 Å². The molecule has 0 aliphatic rings. The lowest BCUT2D eigenvalue weighted by molar-refractivity contribution is 0.546.